The molecule has 10 atom stereocenters. The van der Waals surface area contributed by atoms with Crippen molar-refractivity contribution in [1.82, 2.24) is 24.4 Å². The van der Waals surface area contributed by atoms with Gasteiger partial charge in [-0.05, 0) is 0 Å². The number of anilines is 1. The average molecular weight is 665 g/mol. The van der Waals surface area contributed by atoms with E-state index in [-0.39, 0.29) is 29.1 Å². The van der Waals surface area contributed by atoms with Gasteiger partial charge in [0, 0.05) is 12.7 Å². The zero-order valence-electron chi connectivity index (χ0n) is 22.4. The van der Waals surface area contributed by atoms with Gasteiger partial charge in [0.15, 0.2) is 23.9 Å². The van der Waals surface area contributed by atoms with Gasteiger partial charge in [-0.15, -0.1) is 0 Å². The van der Waals surface area contributed by atoms with E-state index in [0.717, 1.165) is 6.33 Å². The summed E-state index contributed by atoms with van der Waals surface area (Å²) in [5, 5.41) is 41.7. The number of carbonyl (C=O) groups is 1. The van der Waals surface area contributed by atoms with Gasteiger partial charge in [0.05, 0.1) is 25.1 Å². The van der Waals surface area contributed by atoms with Crippen LogP contribution >= 0.6 is 15.6 Å². The Morgan fingerprint density at radius 1 is 0.955 bits per heavy atom. The molecule has 2 aromatic rings. The van der Waals surface area contributed by atoms with Crippen LogP contribution in [0.3, 0.4) is 0 Å². The lowest BCUT2D eigenvalue weighted by atomic mass is 10.1. The zero-order valence-corrected chi connectivity index (χ0v) is 24.2. The van der Waals surface area contributed by atoms with E-state index in [1.54, 1.807) is 6.08 Å². The monoisotopic (exact) mass is 665 g/mol. The number of amides is 1. The average Bonchev–Trinajstić information content (AvgIpc) is 3.61. The standard InChI is InChI=1S/C21H29N7O14P2/c22-17-12-19(25-7-24-17)28(8-26-12)21-16(32)14(30)11(41-21)6-39-44(36,37)42-43(34,35)38-5-10-13(29)15(31)20(40-10)27-3-1-2-9(4-27)18(23)33/h1-2,4,7-8,10-11,13-16,20-21,29-32H,3,5-6H2,(H2,23,33)(H,34,35)(H,36,37)(H2,22,24,25)/t10-,11-,13+,14+,15-,16-,20-,21-/m1/s1. The van der Waals surface area contributed by atoms with E-state index >= 15 is 0 Å². The molecule has 3 aliphatic rings. The highest BCUT2D eigenvalue weighted by Crippen LogP contribution is 2.60. The number of nitrogen functional groups attached to an aromatic ring is 1. The highest BCUT2D eigenvalue weighted by Gasteiger charge is 2.48. The Labute approximate surface area is 247 Å². The zero-order chi connectivity index (χ0) is 32.0. The van der Waals surface area contributed by atoms with Crippen LogP contribution in [0, 0.1) is 0 Å². The first-order valence-electron chi connectivity index (χ1n) is 12.7. The topological polar surface area (TPSA) is 318 Å². The van der Waals surface area contributed by atoms with E-state index in [0.29, 0.717) is 0 Å². The summed E-state index contributed by atoms with van der Waals surface area (Å²) in [5.41, 5.74) is 11.5. The summed E-state index contributed by atoms with van der Waals surface area (Å²) in [5.74, 6) is -0.693. The van der Waals surface area contributed by atoms with Gasteiger partial charge >= 0.3 is 15.6 Å². The predicted octanol–water partition coefficient (Wildman–Crippen LogP) is -3.03. The number of rotatable bonds is 11. The molecule has 5 rings (SSSR count). The van der Waals surface area contributed by atoms with Crippen LogP contribution in [0.5, 0.6) is 0 Å². The number of ether oxygens (including phenoxy) is 2. The van der Waals surface area contributed by atoms with Gasteiger partial charge in [-0.1, -0.05) is 12.2 Å². The first-order chi connectivity index (χ1) is 20.7. The minimum Gasteiger partial charge on any atom is -0.387 e. The van der Waals surface area contributed by atoms with Crippen molar-refractivity contribution in [1.29, 1.82) is 0 Å². The molecule has 0 radical (unpaired) electrons. The highest BCUT2D eigenvalue weighted by atomic mass is 31.3. The van der Waals surface area contributed by atoms with Crippen LogP contribution in [0.1, 0.15) is 6.23 Å². The number of phosphoric acid groups is 2. The molecule has 0 saturated carbocycles. The second-order valence-corrected chi connectivity index (χ2v) is 12.9. The molecular weight excluding hydrogens is 636 g/mol. The number of hydrogen-bond acceptors (Lipinski definition) is 17. The molecule has 3 aliphatic heterocycles. The minimum absolute atomic E-state index is 0.0519. The Kier molecular flexibility index (Phi) is 9.23. The van der Waals surface area contributed by atoms with Gasteiger partial charge in [-0.2, -0.15) is 4.31 Å². The number of aromatic nitrogens is 4. The maximum Gasteiger partial charge on any atom is 0.481 e. The summed E-state index contributed by atoms with van der Waals surface area (Å²) < 4.78 is 50.9. The first kappa shape index (κ1) is 32.5. The molecule has 5 heterocycles. The third-order valence-corrected chi connectivity index (χ3v) is 9.48. The maximum absolute atomic E-state index is 12.4. The van der Waals surface area contributed by atoms with E-state index in [2.05, 4.69) is 19.3 Å². The molecule has 44 heavy (non-hydrogen) atoms. The normalized spacial score (nSPS) is 33.3. The SMILES string of the molecule is NC(=O)C1=CN([C@@H]2O[C@H](COP(=O)(O)OP(=O)(O)OC[C@H]3O[C@@H](n4cnc5c(N)ncnc54)[C@H](O)[C@H]3O)[C@H](O)[C@H]2O)CC=C1. The Balaban J connectivity index is 1.15. The fourth-order valence-corrected chi connectivity index (χ4v) is 6.80. The van der Waals surface area contributed by atoms with E-state index in [9.17, 15) is 44.1 Å². The fourth-order valence-electron chi connectivity index (χ4n) is 4.71. The van der Waals surface area contributed by atoms with Gasteiger partial charge in [-0.25, -0.2) is 24.1 Å². The number of fused-ring (bicyclic) bond motifs is 1. The first-order valence-corrected chi connectivity index (χ1v) is 15.7. The Morgan fingerprint density at radius 3 is 2.16 bits per heavy atom. The lowest BCUT2D eigenvalue weighted by Crippen LogP contribution is -2.42. The quantitative estimate of drug-likeness (QED) is 0.111. The van der Waals surface area contributed by atoms with Crippen molar-refractivity contribution < 1.29 is 67.0 Å². The van der Waals surface area contributed by atoms with E-state index in [1.165, 1.54) is 28.1 Å². The number of nitrogens with zero attached hydrogens (tertiary/aromatic N) is 5. The number of phosphoric ester groups is 2. The second-order valence-electron chi connectivity index (χ2n) is 9.83. The number of imidazole rings is 1. The summed E-state index contributed by atoms with van der Waals surface area (Å²) in [6.45, 7) is -1.61. The number of carbonyl (C=O) groups excluding carboxylic acids is 1. The van der Waals surface area contributed by atoms with E-state index < -0.39 is 83.8 Å². The minimum atomic E-state index is -5.36. The molecule has 2 aromatic heterocycles. The van der Waals surface area contributed by atoms with Crippen LogP contribution in [-0.2, 0) is 36.8 Å². The molecule has 0 aromatic carbocycles. The van der Waals surface area contributed by atoms with Crippen molar-refractivity contribution in [3.8, 4) is 0 Å². The molecule has 2 fully saturated rings. The molecule has 10 N–H and O–H groups in total. The van der Waals surface area contributed by atoms with Gasteiger partial charge in [-0.3, -0.25) is 18.4 Å². The molecule has 2 unspecified atom stereocenters. The van der Waals surface area contributed by atoms with Crippen molar-refractivity contribution in [2.24, 2.45) is 5.73 Å². The third-order valence-electron chi connectivity index (χ3n) is 6.88. The molecule has 242 valence electrons. The fraction of sp³-hybridized carbons (Fsp3) is 0.524. The molecule has 0 spiro atoms. The summed E-state index contributed by atoms with van der Waals surface area (Å²) >= 11 is 0. The molecule has 23 heteroatoms. The largest absolute Gasteiger partial charge is 0.481 e. The van der Waals surface area contributed by atoms with Gasteiger partial charge in [0.2, 0.25) is 5.91 Å². The van der Waals surface area contributed by atoms with Gasteiger partial charge in [0.25, 0.3) is 0 Å². The van der Waals surface area contributed by atoms with Crippen LogP contribution < -0.4 is 11.5 Å². The van der Waals surface area contributed by atoms with Crippen LogP contribution in [0.15, 0.2) is 36.6 Å². The van der Waals surface area contributed by atoms with Crippen LogP contribution in [-0.4, -0.2) is 123 Å². The summed E-state index contributed by atoms with van der Waals surface area (Å²) in [6.07, 6.45) is -5.04. The van der Waals surface area contributed by atoms with Crippen molar-refractivity contribution in [3.05, 3.63) is 36.6 Å². The van der Waals surface area contributed by atoms with E-state index in [4.69, 9.17) is 30.0 Å². The number of hydrogen-bond donors (Lipinski definition) is 8. The smallest absolute Gasteiger partial charge is 0.387 e. The Hall–Kier alpha value is -2.88. The molecule has 1 amide bonds. The van der Waals surface area contributed by atoms with Crippen molar-refractivity contribution in [2.75, 3.05) is 25.5 Å². The molecule has 0 aliphatic carbocycles. The van der Waals surface area contributed by atoms with Crippen molar-refractivity contribution in [3.63, 3.8) is 0 Å². The second kappa shape index (κ2) is 12.5. The van der Waals surface area contributed by atoms with Crippen LogP contribution in [0.2, 0.25) is 0 Å². The molecule has 0 bridgehead atoms. The number of aliphatic hydroxyl groups excluding tert-OH is 4. The summed E-state index contributed by atoms with van der Waals surface area (Å²) in [6, 6.07) is 0. The van der Waals surface area contributed by atoms with Crippen LogP contribution in [0.25, 0.3) is 11.2 Å². The number of nitrogens with two attached hydrogens (primary N) is 2. The number of primary amides is 1. The Bertz CT molecular complexity index is 1560. The third kappa shape index (κ3) is 6.70. The summed E-state index contributed by atoms with van der Waals surface area (Å²) in [4.78, 5) is 44.7. The molecular formula is C21H29N7O14P2. The summed E-state index contributed by atoms with van der Waals surface area (Å²) in [7, 11) is -10.7. The lowest BCUT2D eigenvalue weighted by molar-refractivity contribution is -0.114. The van der Waals surface area contributed by atoms with Gasteiger partial charge < -0.3 is 56.1 Å². The predicted molar refractivity (Wildman–Crippen MR) is 142 cm³/mol. The van der Waals surface area contributed by atoms with E-state index in [1.807, 2.05) is 0 Å². The number of aliphatic hydroxyl groups is 4. The van der Waals surface area contributed by atoms with Gasteiger partial charge in [0.1, 0.15) is 48.5 Å². The molecule has 2 saturated heterocycles. The maximum atomic E-state index is 12.4. The lowest BCUT2D eigenvalue weighted by Gasteiger charge is -2.30. The van der Waals surface area contributed by atoms with Crippen molar-refractivity contribution in [2.45, 2.75) is 49.1 Å². The Morgan fingerprint density at radius 2 is 1.55 bits per heavy atom. The van der Waals surface area contributed by atoms with Crippen LogP contribution in [0.4, 0.5) is 5.82 Å². The molecule has 21 nitrogen and oxygen atoms in total. The van der Waals surface area contributed by atoms with Crippen molar-refractivity contribution >= 4 is 38.5 Å². The highest BCUT2D eigenvalue weighted by molar-refractivity contribution is 7.61.